The molecule has 0 N–H and O–H groups in total. The highest BCUT2D eigenvalue weighted by molar-refractivity contribution is 5.78. The van der Waals surface area contributed by atoms with Crippen LogP contribution in [0.5, 0.6) is 5.88 Å². The van der Waals surface area contributed by atoms with Crippen LogP contribution in [0.25, 0.3) is 0 Å². The third kappa shape index (κ3) is 3.87. The molecule has 6 nitrogen and oxygen atoms in total. The number of hydrogen-bond acceptors (Lipinski definition) is 5. The Morgan fingerprint density at radius 2 is 1.95 bits per heavy atom. The molecule has 1 aliphatic heterocycles. The highest BCUT2D eigenvalue weighted by atomic mass is 16.5. The summed E-state index contributed by atoms with van der Waals surface area (Å²) in [5, 5.41) is 0. The number of hydrogen-bond donors (Lipinski definition) is 0. The molecular weight excluding hydrogens is 280 g/mol. The number of aromatic nitrogens is 2. The molecule has 0 aromatic carbocycles. The van der Waals surface area contributed by atoms with Crippen LogP contribution in [0.1, 0.15) is 32.9 Å². The summed E-state index contributed by atoms with van der Waals surface area (Å²) < 4.78 is 5.48. The third-order valence-electron chi connectivity index (χ3n) is 4.02. The minimum atomic E-state index is 0.103. The predicted molar refractivity (Wildman–Crippen MR) is 86.2 cm³/mol. The van der Waals surface area contributed by atoms with Gasteiger partial charge >= 0.3 is 0 Å². The first-order chi connectivity index (χ1) is 10.5. The van der Waals surface area contributed by atoms with Crippen LogP contribution in [0.4, 0.5) is 5.95 Å². The second-order valence-corrected chi connectivity index (χ2v) is 5.70. The molecule has 0 spiro atoms. The fourth-order valence-corrected chi connectivity index (χ4v) is 2.50. The molecule has 2 heterocycles. The van der Waals surface area contributed by atoms with Gasteiger partial charge in [-0.05, 0) is 20.3 Å². The van der Waals surface area contributed by atoms with Crippen molar-refractivity contribution in [3.05, 3.63) is 11.8 Å². The van der Waals surface area contributed by atoms with Crippen LogP contribution in [0.2, 0.25) is 0 Å². The molecule has 1 aromatic heterocycles. The molecule has 1 aliphatic rings. The maximum atomic E-state index is 12.2. The highest BCUT2D eigenvalue weighted by Crippen LogP contribution is 2.18. The molecule has 1 fully saturated rings. The molecule has 1 atom stereocenters. The van der Waals surface area contributed by atoms with Gasteiger partial charge in [-0.3, -0.25) is 4.79 Å². The van der Waals surface area contributed by atoms with E-state index in [0.717, 1.165) is 38.3 Å². The summed E-state index contributed by atoms with van der Waals surface area (Å²) in [6.45, 7) is 11.5. The quantitative estimate of drug-likeness (QED) is 0.831. The minimum Gasteiger partial charge on any atom is -0.478 e. The fraction of sp³-hybridized carbons (Fsp3) is 0.688. The normalized spacial score (nSPS) is 16.5. The first kappa shape index (κ1) is 16.5. The average Bonchev–Trinajstić information content (AvgIpc) is 2.53. The second-order valence-electron chi connectivity index (χ2n) is 5.70. The van der Waals surface area contributed by atoms with Crippen LogP contribution in [0.3, 0.4) is 0 Å². The van der Waals surface area contributed by atoms with Gasteiger partial charge in [0, 0.05) is 43.9 Å². The van der Waals surface area contributed by atoms with E-state index in [1.165, 1.54) is 0 Å². The number of ether oxygens (including phenoxy) is 1. The topological polar surface area (TPSA) is 58.6 Å². The van der Waals surface area contributed by atoms with Gasteiger partial charge in [-0.2, -0.15) is 4.98 Å². The summed E-state index contributed by atoms with van der Waals surface area (Å²) in [6.07, 6.45) is 0.887. The largest absolute Gasteiger partial charge is 0.478 e. The Morgan fingerprint density at radius 3 is 2.55 bits per heavy atom. The lowest BCUT2D eigenvalue weighted by molar-refractivity contribution is -0.135. The molecule has 22 heavy (non-hydrogen) atoms. The highest BCUT2D eigenvalue weighted by Gasteiger charge is 2.25. The van der Waals surface area contributed by atoms with Crippen LogP contribution >= 0.6 is 0 Å². The van der Waals surface area contributed by atoms with Crippen molar-refractivity contribution in [1.29, 1.82) is 0 Å². The number of amides is 1. The van der Waals surface area contributed by atoms with Crippen molar-refractivity contribution in [3.63, 3.8) is 0 Å². The number of carbonyl (C=O) groups is 1. The van der Waals surface area contributed by atoms with E-state index in [-0.39, 0.29) is 11.8 Å². The molecule has 1 saturated heterocycles. The molecule has 0 aliphatic carbocycles. The second kappa shape index (κ2) is 7.42. The van der Waals surface area contributed by atoms with E-state index in [4.69, 9.17) is 4.74 Å². The molecule has 2 rings (SSSR count). The van der Waals surface area contributed by atoms with Crippen molar-refractivity contribution < 1.29 is 9.53 Å². The van der Waals surface area contributed by atoms with Gasteiger partial charge in [0.05, 0.1) is 6.61 Å². The van der Waals surface area contributed by atoms with Gasteiger partial charge < -0.3 is 14.5 Å². The Labute approximate surface area is 132 Å². The van der Waals surface area contributed by atoms with Crippen LogP contribution in [0, 0.1) is 12.8 Å². The molecule has 0 unspecified atom stereocenters. The zero-order valence-electron chi connectivity index (χ0n) is 14.0. The molecule has 122 valence electrons. The van der Waals surface area contributed by atoms with Gasteiger partial charge in [0.2, 0.25) is 17.7 Å². The van der Waals surface area contributed by atoms with Crippen LogP contribution in [-0.2, 0) is 4.79 Å². The van der Waals surface area contributed by atoms with E-state index in [9.17, 15) is 4.79 Å². The molecule has 1 aromatic rings. The fourth-order valence-electron chi connectivity index (χ4n) is 2.50. The van der Waals surface area contributed by atoms with Gasteiger partial charge in [-0.15, -0.1) is 0 Å². The van der Waals surface area contributed by atoms with E-state index in [1.807, 2.05) is 31.7 Å². The number of rotatable bonds is 5. The van der Waals surface area contributed by atoms with Crippen molar-refractivity contribution in [2.45, 2.75) is 34.1 Å². The Hall–Kier alpha value is -1.85. The number of carbonyl (C=O) groups excluding carboxylic acids is 1. The molecule has 1 amide bonds. The van der Waals surface area contributed by atoms with Crippen LogP contribution in [-0.4, -0.2) is 53.6 Å². The van der Waals surface area contributed by atoms with Crippen molar-refractivity contribution in [1.82, 2.24) is 14.9 Å². The lowest BCUT2D eigenvalue weighted by atomic mass is 10.1. The maximum Gasteiger partial charge on any atom is 0.228 e. The van der Waals surface area contributed by atoms with Gasteiger partial charge in [0.25, 0.3) is 0 Å². The van der Waals surface area contributed by atoms with E-state index in [0.29, 0.717) is 18.4 Å². The third-order valence-corrected chi connectivity index (χ3v) is 4.02. The van der Waals surface area contributed by atoms with Gasteiger partial charge in [-0.1, -0.05) is 13.8 Å². The number of nitrogens with zero attached hydrogens (tertiary/aromatic N) is 4. The van der Waals surface area contributed by atoms with Crippen molar-refractivity contribution in [3.8, 4) is 5.88 Å². The summed E-state index contributed by atoms with van der Waals surface area (Å²) >= 11 is 0. The molecule has 0 bridgehead atoms. The van der Waals surface area contributed by atoms with Crippen LogP contribution < -0.4 is 9.64 Å². The Kier molecular flexibility index (Phi) is 5.57. The average molecular weight is 306 g/mol. The number of piperazine rings is 1. The first-order valence-electron chi connectivity index (χ1n) is 8.07. The molecular formula is C16H26N4O2. The van der Waals surface area contributed by atoms with Gasteiger partial charge in [0.15, 0.2) is 0 Å². The van der Waals surface area contributed by atoms with Crippen molar-refractivity contribution in [2.75, 3.05) is 37.7 Å². The van der Waals surface area contributed by atoms with Crippen LogP contribution in [0.15, 0.2) is 6.07 Å². The summed E-state index contributed by atoms with van der Waals surface area (Å²) in [6, 6.07) is 1.84. The van der Waals surface area contributed by atoms with Gasteiger partial charge in [0.1, 0.15) is 0 Å². The summed E-state index contributed by atoms with van der Waals surface area (Å²) in [5.74, 6) is 1.66. The Morgan fingerprint density at radius 1 is 1.27 bits per heavy atom. The molecule has 0 saturated carbocycles. The van der Waals surface area contributed by atoms with E-state index >= 15 is 0 Å². The predicted octanol–water partition coefficient (Wildman–Crippen LogP) is 1.88. The molecule has 0 radical (unpaired) electrons. The van der Waals surface area contributed by atoms with E-state index in [2.05, 4.69) is 21.8 Å². The number of anilines is 1. The summed E-state index contributed by atoms with van der Waals surface area (Å²) in [7, 11) is 0. The number of aryl methyl sites for hydroxylation is 1. The van der Waals surface area contributed by atoms with E-state index < -0.39 is 0 Å². The van der Waals surface area contributed by atoms with E-state index in [1.54, 1.807) is 0 Å². The minimum absolute atomic E-state index is 0.103. The first-order valence-corrected chi connectivity index (χ1v) is 8.07. The lowest BCUT2D eigenvalue weighted by Gasteiger charge is -2.36. The summed E-state index contributed by atoms with van der Waals surface area (Å²) in [4.78, 5) is 25.2. The van der Waals surface area contributed by atoms with Gasteiger partial charge in [-0.25, -0.2) is 4.98 Å². The lowest BCUT2D eigenvalue weighted by Crippen LogP contribution is -2.50. The zero-order valence-corrected chi connectivity index (χ0v) is 14.0. The Balaban J connectivity index is 2.01. The van der Waals surface area contributed by atoms with Crippen molar-refractivity contribution >= 4 is 11.9 Å². The smallest absolute Gasteiger partial charge is 0.228 e. The summed E-state index contributed by atoms with van der Waals surface area (Å²) in [5.41, 5.74) is 0.895. The Bertz CT molecular complexity index is 513. The zero-order chi connectivity index (χ0) is 16.1. The maximum absolute atomic E-state index is 12.2. The molecule has 6 heteroatoms. The van der Waals surface area contributed by atoms with Crippen molar-refractivity contribution in [2.24, 2.45) is 5.92 Å². The SMILES string of the molecule is CCOc1cc(C)nc(N2CCN(C(=O)[C@H](C)CC)CC2)n1. The standard InChI is InChI=1S/C16H26N4O2/c1-5-12(3)15(21)19-7-9-20(10-8-19)16-17-13(4)11-14(18-16)22-6-2/h11-12H,5-10H2,1-4H3/t12-/m1/s1. The monoisotopic (exact) mass is 306 g/mol.